The first-order valence-electron chi connectivity index (χ1n) is 4.12. The lowest BCUT2D eigenvalue weighted by atomic mass is 10.3. The van der Waals surface area contributed by atoms with Crippen LogP contribution in [0.2, 0.25) is 0 Å². The average Bonchev–Trinajstić information content (AvgIpc) is 2.12. The van der Waals surface area contributed by atoms with Crippen LogP contribution in [0, 0.1) is 0 Å². The number of carbonyl (C=O) groups excluding carboxylic acids is 1. The zero-order valence-electron chi connectivity index (χ0n) is 8.45. The third-order valence-electron chi connectivity index (χ3n) is 1.55. The van der Waals surface area contributed by atoms with Gasteiger partial charge in [0.15, 0.2) is 0 Å². The molecule has 0 saturated heterocycles. The van der Waals surface area contributed by atoms with Gasteiger partial charge in [-0.1, -0.05) is 0 Å². The number of ether oxygens (including phenoxy) is 1. The molecule has 3 N–H and O–H groups in total. The van der Waals surface area contributed by atoms with E-state index in [2.05, 4.69) is 4.74 Å². The Morgan fingerprint density at radius 3 is 2.00 bits per heavy atom. The summed E-state index contributed by atoms with van der Waals surface area (Å²) in [6.45, 7) is -0.862. The predicted octanol–water partition coefficient (Wildman–Crippen LogP) is -0.0577. The normalized spacial score (nSPS) is 15.3. The molecule has 6 nitrogen and oxygen atoms in total. The van der Waals surface area contributed by atoms with Gasteiger partial charge in [-0.25, -0.2) is 4.79 Å². The maximum Gasteiger partial charge on any atom is 0.465 e. The van der Waals surface area contributed by atoms with E-state index in [9.17, 15) is 35.2 Å². The second-order valence-electron chi connectivity index (χ2n) is 3.08. The van der Waals surface area contributed by atoms with Gasteiger partial charge in [-0.05, 0) is 0 Å². The monoisotopic (exact) mass is 301 g/mol. The molecule has 1 atom stereocenters. The minimum atomic E-state index is -6.18. The van der Waals surface area contributed by atoms with Crippen molar-refractivity contribution in [3.05, 3.63) is 0 Å². The maximum absolute atomic E-state index is 12.4. The SMILES string of the molecule is NCC(CS(=O)(=O)O)OC(=O)C(F)(F)C(F)(F)F. The van der Waals surface area contributed by atoms with Crippen molar-refractivity contribution in [1.29, 1.82) is 0 Å². The molecule has 0 heterocycles. The zero-order valence-corrected chi connectivity index (χ0v) is 9.26. The summed E-state index contributed by atoms with van der Waals surface area (Å²) >= 11 is 0. The lowest BCUT2D eigenvalue weighted by molar-refractivity contribution is -0.281. The largest absolute Gasteiger partial charge is 0.465 e. The van der Waals surface area contributed by atoms with Crippen molar-refractivity contribution in [3.8, 4) is 0 Å². The Hall–Kier alpha value is -1.01. The van der Waals surface area contributed by atoms with Crippen molar-refractivity contribution in [2.24, 2.45) is 5.73 Å². The van der Waals surface area contributed by atoms with Crippen LogP contribution in [-0.4, -0.2) is 49.4 Å². The summed E-state index contributed by atoms with van der Waals surface area (Å²) in [5.74, 6) is -10.2. The Bertz CT molecular complexity index is 405. The van der Waals surface area contributed by atoms with Gasteiger partial charge in [0.05, 0.1) is 0 Å². The van der Waals surface area contributed by atoms with E-state index in [1.165, 1.54) is 0 Å². The number of esters is 1. The van der Waals surface area contributed by atoms with Crippen LogP contribution in [0.15, 0.2) is 0 Å². The molecule has 0 aromatic carbocycles. The molecular formula is C6H8F5NO5S. The molecule has 0 fully saturated rings. The molecule has 0 aliphatic rings. The van der Waals surface area contributed by atoms with E-state index in [1.807, 2.05) is 0 Å². The van der Waals surface area contributed by atoms with Crippen molar-refractivity contribution in [2.45, 2.75) is 18.2 Å². The molecule has 0 saturated carbocycles. The van der Waals surface area contributed by atoms with Crippen LogP contribution in [0.1, 0.15) is 0 Å². The second kappa shape index (κ2) is 5.32. The van der Waals surface area contributed by atoms with E-state index >= 15 is 0 Å². The Morgan fingerprint density at radius 2 is 1.72 bits per heavy atom. The fourth-order valence-corrected chi connectivity index (χ4v) is 1.40. The molecule has 0 bridgehead atoms. The summed E-state index contributed by atoms with van der Waals surface area (Å²) < 4.78 is 92.5. The number of rotatable bonds is 5. The number of hydrogen-bond acceptors (Lipinski definition) is 5. The molecule has 0 amide bonds. The molecule has 0 rings (SSSR count). The summed E-state index contributed by atoms with van der Waals surface area (Å²) in [4.78, 5) is 10.5. The van der Waals surface area contributed by atoms with Crippen LogP contribution >= 0.6 is 0 Å². The van der Waals surface area contributed by atoms with Gasteiger partial charge in [-0.15, -0.1) is 0 Å². The second-order valence-corrected chi connectivity index (χ2v) is 4.58. The summed E-state index contributed by atoms with van der Waals surface area (Å²) in [6, 6.07) is 0. The van der Waals surface area contributed by atoms with E-state index in [1.54, 1.807) is 0 Å². The summed E-state index contributed by atoms with van der Waals surface area (Å²) in [5, 5.41) is 0. The summed E-state index contributed by atoms with van der Waals surface area (Å²) in [7, 11) is -4.75. The number of hydrogen-bond donors (Lipinski definition) is 2. The molecule has 0 aromatic heterocycles. The van der Waals surface area contributed by atoms with Crippen LogP contribution < -0.4 is 5.73 Å². The van der Waals surface area contributed by atoms with Crippen molar-refractivity contribution < 1.29 is 44.5 Å². The van der Waals surface area contributed by atoms with E-state index in [4.69, 9.17) is 10.3 Å². The van der Waals surface area contributed by atoms with Crippen LogP contribution in [-0.2, 0) is 19.6 Å². The van der Waals surface area contributed by atoms with Gasteiger partial charge in [-0.3, -0.25) is 4.55 Å². The smallest absolute Gasteiger partial charge is 0.455 e. The number of nitrogens with two attached hydrogens (primary N) is 1. The summed E-state index contributed by atoms with van der Waals surface area (Å²) in [5.41, 5.74) is 4.80. The van der Waals surface area contributed by atoms with E-state index < -0.39 is 46.6 Å². The topological polar surface area (TPSA) is 107 Å². The number of carbonyl (C=O) groups is 1. The van der Waals surface area contributed by atoms with E-state index in [0.717, 1.165) is 0 Å². The molecule has 0 aromatic rings. The first-order chi connectivity index (χ1) is 7.81. The van der Waals surface area contributed by atoms with Gasteiger partial charge in [0, 0.05) is 6.54 Å². The third-order valence-corrected chi connectivity index (χ3v) is 2.34. The zero-order chi connectivity index (χ0) is 14.8. The van der Waals surface area contributed by atoms with Gasteiger partial charge in [-0.2, -0.15) is 30.4 Å². The average molecular weight is 301 g/mol. The molecule has 0 radical (unpaired) electrons. The molecule has 108 valence electrons. The van der Waals surface area contributed by atoms with Crippen LogP contribution in [0.4, 0.5) is 22.0 Å². The van der Waals surface area contributed by atoms with Crippen molar-refractivity contribution in [2.75, 3.05) is 12.3 Å². The predicted molar refractivity (Wildman–Crippen MR) is 46.4 cm³/mol. The van der Waals surface area contributed by atoms with E-state index in [0.29, 0.717) is 0 Å². The fraction of sp³-hybridized carbons (Fsp3) is 0.833. The highest BCUT2D eigenvalue weighted by Gasteiger charge is 2.65. The van der Waals surface area contributed by atoms with Gasteiger partial charge < -0.3 is 10.5 Å². The Morgan fingerprint density at radius 1 is 1.28 bits per heavy atom. The highest BCUT2D eigenvalue weighted by molar-refractivity contribution is 7.85. The van der Waals surface area contributed by atoms with Crippen molar-refractivity contribution >= 4 is 16.1 Å². The number of alkyl halides is 5. The first-order valence-corrected chi connectivity index (χ1v) is 5.73. The van der Waals surface area contributed by atoms with Gasteiger partial charge in [0.1, 0.15) is 11.9 Å². The first kappa shape index (κ1) is 17.0. The van der Waals surface area contributed by atoms with Crippen molar-refractivity contribution in [3.63, 3.8) is 0 Å². The Kier molecular flexibility index (Phi) is 5.02. The molecule has 18 heavy (non-hydrogen) atoms. The molecular weight excluding hydrogens is 293 g/mol. The highest BCUT2D eigenvalue weighted by atomic mass is 32.2. The lowest BCUT2D eigenvalue weighted by Crippen LogP contribution is -2.48. The molecule has 0 aliphatic heterocycles. The standard InChI is InChI=1S/C6H8F5NO5S/c7-5(8,6(9,10)11)4(13)17-3(1-12)2-18(14,15)16/h3H,1-2,12H2,(H,14,15,16). The quantitative estimate of drug-likeness (QED) is 0.418. The van der Waals surface area contributed by atoms with Crippen LogP contribution in [0.5, 0.6) is 0 Å². The highest BCUT2D eigenvalue weighted by Crippen LogP contribution is 2.36. The molecule has 0 aliphatic carbocycles. The van der Waals surface area contributed by atoms with Gasteiger partial charge in [0.25, 0.3) is 10.1 Å². The Balaban J connectivity index is 4.84. The molecule has 12 heteroatoms. The maximum atomic E-state index is 12.4. The Labute approximate surface area is 97.6 Å². The number of halogens is 5. The fourth-order valence-electron chi connectivity index (χ4n) is 0.726. The third kappa shape index (κ3) is 4.70. The summed E-state index contributed by atoms with van der Waals surface area (Å²) in [6.07, 6.45) is -8.19. The lowest BCUT2D eigenvalue weighted by Gasteiger charge is -2.21. The van der Waals surface area contributed by atoms with E-state index in [-0.39, 0.29) is 0 Å². The molecule has 1 unspecified atom stereocenters. The van der Waals surface area contributed by atoms with Crippen LogP contribution in [0.3, 0.4) is 0 Å². The van der Waals surface area contributed by atoms with Crippen molar-refractivity contribution in [1.82, 2.24) is 0 Å². The minimum Gasteiger partial charge on any atom is -0.455 e. The van der Waals surface area contributed by atoms with Gasteiger partial charge >= 0.3 is 18.1 Å². The molecule has 0 spiro atoms. The van der Waals surface area contributed by atoms with Gasteiger partial charge in [0.2, 0.25) is 0 Å². The van der Waals surface area contributed by atoms with Crippen LogP contribution in [0.25, 0.3) is 0 Å². The minimum absolute atomic E-state index is 0.862.